The van der Waals surface area contributed by atoms with Crippen molar-refractivity contribution in [3.63, 3.8) is 0 Å². The molecule has 1 amide bonds. The third-order valence-corrected chi connectivity index (χ3v) is 4.42. The zero-order valence-corrected chi connectivity index (χ0v) is 14.9. The number of aryl methyl sites for hydroxylation is 1. The van der Waals surface area contributed by atoms with Crippen LogP contribution in [0, 0.1) is 25.7 Å². The third-order valence-electron chi connectivity index (χ3n) is 4.42. The minimum Gasteiger partial charge on any atom is -0.342 e. The number of nitrogens with zero attached hydrogens (tertiary/aromatic N) is 3. The van der Waals surface area contributed by atoms with E-state index in [0.717, 1.165) is 48.9 Å². The van der Waals surface area contributed by atoms with Gasteiger partial charge in [-0.2, -0.15) is 5.10 Å². The van der Waals surface area contributed by atoms with Crippen LogP contribution in [0.15, 0.2) is 0 Å². The van der Waals surface area contributed by atoms with Crippen LogP contribution in [0.25, 0.3) is 0 Å². The van der Waals surface area contributed by atoms with E-state index in [4.69, 9.17) is 0 Å². The molecule has 0 N–H and O–H groups in total. The molecule has 1 aromatic heterocycles. The lowest BCUT2D eigenvalue weighted by atomic mass is 10.1. The van der Waals surface area contributed by atoms with Gasteiger partial charge in [-0.3, -0.25) is 9.48 Å². The van der Waals surface area contributed by atoms with E-state index in [9.17, 15) is 4.79 Å². The Hall–Kier alpha value is -1.32. The van der Waals surface area contributed by atoms with Gasteiger partial charge >= 0.3 is 0 Å². The van der Waals surface area contributed by atoms with E-state index in [2.05, 4.69) is 42.4 Å². The molecule has 1 aliphatic carbocycles. The molecule has 124 valence electrons. The molecule has 1 fully saturated rings. The molecule has 2 rings (SSSR count). The number of carbonyl (C=O) groups excluding carboxylic acids is 1. The fourth-order valence-corrected chi connectivity index (χ4v) is 2.98. The average molecular weight is 305 g/mol. The largest absolute Gasteiger partial charge is 0.342 e. The number of rotatable bonds is 8. The Labute approximate surface area is 134 Å². The molecule has 1 aromatic rings. The van der Waals surface area contributed by atoms with E-state index in [0.29, 0.717) is 12.3 Å². The summed E-state index contributed by atoms with van der Waals surface area (Å²) in [4.78, 5) is 14.8. The molecule has 1 heterocycles. The van der Waals surface area contributed by atoms with Crippen molar-refractivity contribution in [1.82, 2.24) is 14.7 Å². The summed E-state index contributed by atoms with van der Waals surface area (Å²) in [6, 6.07) is 0. The van der Waals surface area contributed by atoms with Crippen molar-refractivity contribution in [2.24, 2.45) is 11.8 Å². The second kappa shape index (κ2) is 7.30. The van der Waals surface area contributed by atoms with E-state index in [1.165, 1.54) is 12.8 Å². The van der Waals surface area contributed by atoms with Gasteiger partial charge in [0.15, 0.2) is 0 Å². The van der Waals surface area contributed by atoms with Gasteiger partial charge in [-0.1, -0.05) is 20.8 Å². The first-order chi connectivity index (χ1) is 10.4. The monoisotopic (exact) mass is 305 g/mol. The number of hydrogen-bond acceptors (Lipinski definition) is 2. The van der Waals surface area contributed by atoms with Crippen LogP contribution in [0.5, 0.6) is 0 Å². The van der Waals surface area contributed by atoms with Gasteiger partial charge in [0.1, 0.15) is 0 Å². The summed E-state index contributed by atoms with van der Waals surface area (Å²) in [6.07, 6.45) is 4.11. The zero-order valence-electron chi connectivity index (χ0n) is 14.9. The minimum absolute atomic E-state index is 0.268. The van der Waals surface area contributed by atoms with Gasteiger partial charge < -0.3 is 4.90 Å². The first-order valence-electron chi connectivity index (χ1n) is 8.73. The second-order valence-electron chi connectivity index (χ2n) is 7.19. The third kappa shape index (κ3) is 4.34. The first-order valence-corrected chi connectivity index (χ1v) is 8.73. The van der Waals surface area contributed by atoms with Crippen LogP contribution < -0.4 is 0 Å². The Morgan fingerprint density at radius 1 is 1.36 bits per heavy atom. The predicted octanol–water partition coefficient (Wildman–Crippen LogP) is 3.35. The average Bonchev–Trinajstić information content (AvgIpc) is 3.21. The van der Waals surface area contributed by atoms with Gasteiger partial charge in [0.2, 0.25) is 5.91 Å². The fourth-order valence-electron chi connectivity index (χ4n) is 2.98. The molecule has 0 aliphatic heterocycles. The van der Waals surface area contributed by atoms with E-state index in [1.807, 2.05) is 6.92 Å². The quantitative estimate of drug-likeness (QED) is 0.739. The number of amides is 1. The molecular formula is C18H31N3O. The highest BCUT2D eigenvalue weighted by atomic mass is 16.2. The molecule has 1 aliphatic rings. The molecular weight excluding hydrogens is 274 g/mol. The lowest BCUT2D eigenvalue weighted by molar-refractivity contribution is -0.130. The molecule has 0 unspecified atom stereocenters. The van der Waals surface area contributed by atoms with Crippen LogP contribution in [0.3, 0.4) is 0 Å². The Kier molecular flexibility index (Phi) is 5.65. The zero-order chi connectivity index (χ0) is 16.3. The van der Waals surface area contributed by atoms with Crippen molar-refractivity contribution in [1.29, 1.82) is 0 Å². The maximum atomic E-state index is 12.7. The summed E-state index contributed by atoms with van der Waals surface area (Å²) < 4.78 is 2.06. The Balaban J connectivity index is 2.07. The van der Waals surface area contributed by atoms with E-state index in [1.54, 1.807) is 0 Å². The van der Waals surface area contributed by atoms with Crippen LogP contribution >= 0.6 is 0 Å². The molecule has 0 radical (unpaired) electrons. The van der Waals surface area contributed by atoms with Crippen molar-refractivity contribution >= 4 is 5.91 Å². The SMILES string of the molecule is CCCN(CC1CC1)C(=O)Cc1c(C)nn(CC(C)C)c1C. The standard InChI is InChI=1S/C18H31N3O/c1-6-9-20(12-16-7-8-16)18(22)10-17-14(4)19-21(15(17)5)11-13(2)3/h13,16H,6-12H2,1-5H3. The fraction of sp³-hybridized carbons (Fsp3) is 0.778. The van der Waals surface area contributed by atoms with Gasteiger partial charge in [0.05, 0.1) is 12.1 Å². The number of carbonyl (C=O) groups is 1. The smallest absolute Gasteiger partial charge is 0.227 e. The lowest BCUT2D eigenvalue weighted by Gasteiger charge is -2.22. The van der Waals surface area contributed by atoms with Gasteiger partial charge in [0, 0.05) is 30.9 Å². The van der Waals surface area contributed by atoms with Crippen molar-refractivity contribution in [3.05, 3.63) is 17.0 Å². The van der Waals surface area contributed by atoms with Gasteiger partial charge in [-0.15, -0.1) is 0 Å². The molecule has 0 saturated heterocycles. The molecule has 0 atom stereocenters. The second-order valence-corrected chi connectivity index (χ2v) is 7.19. The molecule has 4 nitrogen and oxygen atoms in total. The highest BCUT2D eigenvalue weighted by Crippen LogP contribution is 2.30. The number of aromatic nitrogens is 2. The maximum Gasteiger partial charge on any atom is 0.227 e. The predicted molar refractivity (Wildman–Crippen MR) is 89.8 cm³/mol. The number of hydrogen-bond donors (Lipinski definition) is 0. The summed E-state index contributed by atoms with van der Waals surface area (Å²) in [6.45, 7) is 13.4. The summed E-state index contributed by atoms with van der Waals surface area (Å²) in [5.41, 5.74) is 3.29. The van der Waals surface area contributed by atoms with Crippen LogP contribution in [0.4, 0.5) is 0 Å². The molecule has 4 heteroatoms. The molecule has 22 heavy (non-hydrogen) atoms. The molecule has 0 aromatic carbocycles. The van der Waals surface area contributed by atoms with Crippen molar-refractivity contribution < 1.29 is 4.79 Å². The van der Waals surface area contributed by atoms with Crippen LogP contribution in [0.2, 0.25) is 0 Å². The van der Waals surface area contributed by atoms with E-state index < -0.39 is 0 Å². The van der Waals surface area contributed by atoms with Crippen molar-refractivity contribution in [2.45, 2.75) is 66.8 Å². The maximum absolute atomic E-state index is 12.7. The summed E-state index contributed by atoms with van der Waals surface area (Å²) in [7, 11) is 0. The lowest BCUT2D eigenvalue weighted by Crippen LogP contribution is -2.35. The van der Waals surface area contributed by atoms with Crippen LogP contribution in [-0.4, -0.2) is 33.7 Å². The Morgan fingerprint density at radius 2 is 2.05 bits per heavy atom. The van der Waals surface area contributed by atoms with Crippen LogP contribution in [0.1, 0.15) is 57.0 Å². The summed E-state index contributed by atoms with van der Waals surface area (Å²) >= 11 is 0. The first kappa shape index (κ1) is 17.0. The van der Waals surface area contributed by atoms with Crippen molar-refractivity contribution in [3.8, 4) is 0 Å². The Bertz CT molecular complexity index is 515. The van der Waals surface area contributed by atoms with Gasteiger partial charge in [-0.25, -0.2) is 0 Å². The Morgan fingerprint density at radius 3 is 2.59 bits per heavy atom. The topological polar surface area (TPSA) is 38.1 Å². The molecule has 0 spiro atoms. The van der Waals surface area contributed by atoms with Crippen molar-refractivity contribution in [2.75, 3.05) is 13.1 Å². The van der Waals surface area contributed by atoms with Crippen LogP contribution in [-0.2, 0) is 17.8 Å². The highest BCUT2D eigenvalue weighted by Gasteiger charge is 2.27. The highest BCUT2D eigenvalue weighted by molar-refractivity contribution is 5.79. The molecule has 1 saturated carbocycles. The normalized spacial score (nSPS) is 14.6. The summed E-state index contributed by atoms with van der Waals surface area (Å²) in [5, 5.41) is 4.63. The molecule has 0 bridgehead atoms. The summed E-state index contributed by atoms with van der Waals surface area (Å²) in [5.74, 6) is 1.58. The minimum atomic E-state index is 0.268. The van der Waals surface area contributed by atoms with E-state index in [-0.39, 0.29) is 5.91 Å². The van der Waals surface area contributed by atoms with Gasteiger partial charge in [0.25, 0.3) is 0 Å². The van der Waals surface area contributed by atoms with Gasteiger partial charge in [-0.05, 0) is 44.9 Å². The van der Waals surface area contributed by atoms with E-state index >= 15 is 0 Å².